The molecule has 0 aliphatic carbocycles. The van der Waals surface area contributed by atoms with Crippen LogP contribution in [0.15, 0.2) is 24.3 Å². The molecule has 0 unspecified atom stereocenters. The predicted octanol–water partition coefficient (Wildman–Crippen LogP) is 3.36. The van der Waals surface area contributed by atoms with Crippen molar-refractivity contribution in [2.75, 3.05) is 13.7 Å². The zero-order chi connectivity index (χ0) is 13.4. The van der Waals surface area contributed by atoms with E-state index >= 15 is 0 Å². The molecule has 3 nitrogen and oxygen atoms in total. The van der Waals surface area contributed by atoms with E-state index in [1.165, 1.54) is 13.2 Å². The second kappa shape index (κ2) is 7.54. The quantitative estimate of drug-likeness (QED) is 0.440. The van der Waals surface area contributed by atoms with Gasteiger partial charge in [0.25, 0.3) is 0 Å². The molecule has 0 N–H and O–H groups in total. The zero-order valence-corrected chi connectivity index (χ0v) is 11.2. The molecule has 0 amide bonds. The van der Waals surface area contributed by atoms with E-state index in [2.05, 4.69) is 11.7 Å². The summed E-state index contributed by atoms with van der Waals surface area (Å²) in [6.07, 6.45) is 5.28. The molecule has 0 aliphatic rings. The van der Waals surface area contributed by atoms with Gasteiger partial charge in [0.1, 0.15) is 5.75 Å². The summed E-state index contributed by atoms with van der Waals surface area (Å²) in [6.45, 7) is 4.86. The van der Waals surface area contributed by atoms with Crippen LogP contribution in [0, 0.1) is 6.92 Å². The van der Waals surface area contributed by atoms with Crippen LogP contribution in [0.2, 0.25) is 0 Å². The van der Waals surface area contributed by atoms with Crippen molar-refractivity contribution in [3.63, 3.8) is 0 Å². The molecule has 0 aliphatic heterocycles. The van der Waals surface area contributed by atoms with Crippen molar-refractivity contribution >= 4 is 12.0 Å². The highest BCUT2D eigenvalue weighted by Gasteiger charge is 2.00. The lowest BCUT2D eigenvalue weighted by Crippen LogP contribution is -1.98. The number of benzene rings is 1. The van der Waals surface area contributed by atoms with Crippen LogP contribution in [0.3, 0.4) is 0 Å². The van der Waals surface area contributed by atoms with E-state index in [1.54, 1.807) is 6.08 Å². The summed E-state index contributed by atoms with van der Waals surface area (Å²) in [6, 6.07) is 5.87. The van der Waals surface area contributed by atoms with Gasteiger partial charge in [-0.15, -0.1) is 0 Å². The molecule has 1 aromatic carbocycles. The molecular formula is C15H20O3. The Morgan fingerprint density at radius 2 is 2.17 bits per heavy atom. The maximum absolute atomic E-state index is 11.0. The van der Waals surface area contributed by atoms with Crippen LogP contribution in [-0.4, -0.2) is 19.7 Å². The highest BCUT2D eigenvalue weighted by atomic mass is 16.5. The van der Waals surface area contributed by atoms with Gasteiger partial charge in [-0.05, 0) is 36.6 Å². The first-order valence-corrected chi connectivity index (χ1v) is 6.17. The number of hydrogen-bond acceptors (Lipinski definition) is 3. The van der Waals surface area contributed by atoms with Crippen molar-refractivity contribution in [2.45, 2.75) is 26.7 Å². The average molecular weight is 248 g/mol. The van der Waals surface area contributed by atoms with Crippen LogP contribution in [0.4, 0.5) is 0 Å². The van der Waals surface area contributed by atoms with Crippen LogP contribution >= 0.6 is 0 Å². The van der Waals surface area contributed by atoms with Gasteiger partial charge < -0.3 is 9.47 Å². The van der Waals surface area contributed by atoms with Gasteiger partial charge in [0.05, 0.1) is 13.7 Å². The summed E-state index contributed by atoms with van der Waals surface area (Å²) in [5.74, 6) is 0.513. The molecule has 0 saturated carbocycles. The van der Waals surface area contributed by atoms with Crippen molar-refractivity contribution in [1.82, 2.24) is 0 Å². The fraction of sp³-hybridized carbons (Fsp3) is 0.400. The lowest BCUT2D eigenvalue weighted by molar-refractivity contribution is -0.134. The third-order valence-electron chi connectivity index (χ3n) is 2.58. The van der Waals surface area contributed by atoms with Crippen LogP contribution < -0.4 is 4.74 Å². The average Bonchev–Trinajstić information content (AvgIpc) is 2.39. The molecule has 3 heteroatoms. The monoisotopic (exact) mass is 248 g/mol. The van der Waals surface area contributed by atoms with E-state index in [1.807, 2.05) is 25.1 Å². The first-order chi connectivity index (χ1) is 8.67. The normalized spacial score (nSPS) is 10.6. The van der Waals surface area contributed by atoms with Gasteiger partial charge in [-0.1, -0.05) is 25.5 Å². The smallest absolute Gasteiger partial charge is 0.330 e. The fourth-order valence-corrected chi connectivity index (χ4v) is 1.43. The molecule has 0 heterocycles. The number of aryl methyl sites for hydroxylation is 1. The Labute approximate surface area is 108 Å². The van der Waals surface area contributed by atoms with Crippen molar-refractivity contribution in [1.29, 1.82) is 0 Å². The summed E-state index contributed by atoms with van der Waals surface area (Å²) in [4.78, 5) is 11.0. The van der Waals surface area contributed by atoms with E-state index in [9.17, 15) is 4.79 Å². The minimum atomic E-state index is -0.357. The minimum Gasteiger partial charge on any atom is -0.493 e. The highest BCUT2D eigenvalue weighted by Crippen LogP contribution is 2.20. The lowest BCUT2D eigenvalue weighted by Gasteiger charge is -2.09. The highest BCUT2D eigenvalue weighted by molar-refractivity contribution is 5.87. The standard InChI is InChI=1S/C15H20O3/c1-4-5-10-18-14-11-13(7-6-12(14)2)8-9-15(16)17-3/h6-9,11H,4-5,10H2,1-3H3. The van der Waals surface area contributed by atoms with Gasteiger partial charge in [-0.3, -0.25) is 0 Å². The Bertz CT molecular complexity index is 422. The first-order valence-electron chi connectivity index (χ1n) is 6.17. The Kier molecular flexibility index (Phi) is 5.98. The van der Waals surface area contributed by atoms with Crippen molar-refractivity contribution < 1.29 is 14.3 Å². The van der Waals surface area contributed by atoms with Crippen LogP contribution in [-0.2, 0) is 9.53 Å². The molecule has 0 atom stereocenters. The van der Waals surface area contributed by atoms with E-state index in [0.717, 1.165) is 36.3 Å². The number of esters is 1. The van der Waals surface area contributed by atoms with Crippen LogP contribution in [0.5, 0.6) is 5.75 Å². The summed E-state index contributed by atoms with van der Waals surface area (Å²) in [7, 11) is 1.36. The number of carbonyl (C=O) groups excluding carboxylic acids is 1. The second-order valence-corrected chi connectivity index (χ2v) is 4.08. The maximum atomic E-state index is 11.0. The van der Waals surface area contributed by atoms with Gasteiger partial charge in [0, 0.05) is 6.08 Å². The number of methoxy groups -OCH3 is 1. The third kappa shape index (κ3) is 4.62. The number of ether oxygens (including phenoxy) is 2. The van der Waals surface area contributed by atoms with E-state index in [4.69, 9.17) is 4.74 Å². The molecule has 0 spiro atoms. The second-order valence-electron chi connectivity index (χ2n) is 4.08. The predicted molar refractivity (Wildman–Crippen MR) is 72.6 cm³/mol. The number of rotatable bonds is 6. The number of hydrogen-bond donors (Lipinski definition) is 0. The number of carbonyl (C=O) groups is 1. The summed E-state index contributed by atoms with van der Waals surface area (Å²) in [5.41, 5.74) is 2.03. The van der Waals surface area contributed by atoms with Gasteiger partial charge >= 0.3 is 5.97 Å². The van der Waals surface area contributed by atoms with Gasteiger partial charge in [0.15, 0.2) is 0 Å². The lowest BCUT2D eigenvalue weighted by atomic mass is 10.1. The summed E-state index contributed by atoms with van der Waals surface area (Å²) < 4.78 is 10.2. The van der Waals surface area contributed by atoms with Crippen molar-refractivity contribution in [2.24, 2.45) is 0 Å². The van der Waals surface area contributed by atoms with Gasteiger partial charge in [0.2, 0.25) is 0 Å². The zero-order valence-electron chi connectivity index (χ0n) is 11.2. The van der Waals surface area contributed by atoms with Gasteiger partial charge in [-0.2, -0.15) is 0 Å². The summed E-state index contributed by atoms with van der Waals surface area (Å²) >= 11 is 0. The first kappa shape index (κ1) is 14.3. The molecule has 0 saturated heterocycles. The molecule has 0 bridgehead atoms. The van der Waals surface area contributed by atoms with Crippen LogP contribution in [0.1, 0.15) is 30.9 Å². The fourth-order valence-electron chi connectivity index (χ4n) is 1.43. The SMILES string of the molecule is CCCCOc1cc(C=CC(=O)OC)ccc1C. The van der Waals surface area contributed by atoms with Gasteiger partial charge in [-0.25, -0.2) is 4.79 Å². The van der Waals surface area contributed by atoms with Crippen LogP contribution in [0.25, 0.3) is 6.08 Å². The molecule has 0 radical (unpaired) electrons. The molecule has 98 valence electrons. The maximum Gasteiger partial charge on any atom is 0.330 e. The Morgan fingerprint density at radius 1 is 1.39 bits per heavy atom. The Morgan fingerprint density at radius 3 is 2.83 bits per heavy atom. The largest absolute Gasteiger partial charge is 0.493 e. The third-order valence-corrected chi connectivity index (χ3v) is 2.58. The van der Waals surface area contributed by atoms with E-state index in [-0.39, 0.29) is 5.97 Å². The topological polar surface area (TPSA) is 35.5 Å². The molecule has 18 heavy (non-hydrogen) atoms. The molecule has 0 fully saturated rings. The van der Waals surface area contributed by atoms with Crippen molar-refractivity contribution in [3.8, 4) is 5.75 Å². The minimum absolute atomic E-state index is 0.357. The molecule has 1 aromatic rings. The molecular weight excluding hydrogens is 228 g/mol. The van der Waals surface area contributed by atoms with E-state index < -0.39 is 0 Å². The Balaban J connectivity index is 2.73. The van der Waals surface area contributed by atoms with Crippen molar-refractivity contribution in [3.05, 3.63) is 35.4 Å². The molecule has 0 aromatic heterocycles. The van der Waals surface area contributed by atoms with E-state index in [0.29, 0.717) is 0 Å². The summed E-state index contributed by atoms with van der Waals surface area (Å²) in [5, 5.41) is 0. The number of unbranched alkanes of at least 4 members (excludes halogenated alkanes) is 1. The molecule has 1 rings (SSSR count). The Hall–Kier alpha value is -1.77.